The first-order chi connectivity index (χ1) is 6.20. The predicted octanol–water partition coefficient (Wildman–Crippen LogP) is 2.56. The lowest BCUT2D eigenvalue weighted by atomic mass is 9.74. The van der Waals surface area contributed by atoms with Gasteiger partial charge < -0.3 is 4.74 Å². The largest absolute Gasteiger partial charge is 0.370 e. The van der Waals surface area contributed by atoms with E-state index in [1.54, 1.807) is 7.11 Å². The molecule has 0 aromatic rings. The first-order valence-electron chi connectivity index (χ1n) is 5.29. The summed E-state index contributed by atoms with van der Waals surface area (Å²) in [6.45, 7) is 4.06. The van der Waals surface area contributed by atoms with Crippen molar-refractivity contribution in [2.24, 2.45) is 5.92 Å². The Labute approximate surface area is 80.7 Å². The Hall–Kier alpha value is -0.370. The van der Waals surface area contributed by atoms with Gasteiger partial charge in [-0.25, -0.2) is 0 Å². The van der Waals surface area contributed by atoms with E-state index in [4.69, 9.17) is 4.74 Å². The molecule has 0 bridgehead atoms. The fourth-order valence-electron chi connectivity index (χ4n) is 2.03. The second-order valence-electron chi connectivity index (χ2n) is 3.90. The third kappa shape index (κ3) is 1.78. The number of ether oxygens (including phenoxy) is 1. The van der Waals surface area contributed by atoms with Gasteiger partial charge in [-0.2, -0.15) is 0 Å². The van der Waals surface area contributed by atoms with Crippen LogP contribution in [0.5, 0.6) is 0 Å². The quantitative estimate of drug-likeness (QED) is 0.656. The molecule has 1 aliphatic carbocycles. The van der Waals surface area contributed by atoms with Crippen LogP contribution >= 0.6 is 0 Å². The van der Waals surface area contributed by atoms with Crippen molar-refractivity contribution in [3.05, 3.63) is 0 Å². The Balaban J connectivity index is 2.67. The molecule has 2 nitrogen and oxygen atoms in total. The van der Waals surface area contributed by atoms with E-state index in [9.17, 15) is 4.79 Å². The molecule has 0 radical (unpaired) electrons. The second kappa shape index (κ2) is 4.23. The molecule has 0 atom stereocenters. The highest BCUT2D eigenvalue weighted by molar-refractivity contribution is 5.90. The topological polar surface area (TPSA) is 26.3 Å². The molecule has 1 aliphatic rings. The van der Waals surface area contributed by atoms with Gasteiger partial charge in [-0.05, 0) is 25.7 Å². The molecule has 0 amide bonds. The van der Waals surface area contributed by atoms with Crippen LogP contribution in [-0.4, -0.2) is 18.5 Å². The van der Waals surface area contributed by atoms with E-state index in [1.807, 2.05) is 13.8 Å². The number of hydrogen-bond acceptors (Lipinski definition) is 2. The van der Waals surface area contributed by atoms with E-state index >= 15 is 0 Å². The van der Waals surface area contributed by atoms with E-state index in [2.05, 4.69) is 0 Å². The summed E-state index contributed by atoms with van der Waals surface area (Å²) in [5.41, 5.74) is -0.481. The fraction of sp³-hybridized carbons (Fsp3) is 0.909. The van der Waals surface area contributed by atoms with Gasteiger partial charge in [0.15, 0.2) is 5.78 Å². The van der Waals surface area contributed by atoms with Gasteiger partial charge in [-0.15, -0.1) is 0 Å². The third-order valence-electron chi connectivity index (χ3n) is 3.46. The second-order valence-corrected chi connectivity index (χ2v) is 3.90. The lowest BCUT2D eigenvalue weighted by Crippen LogP contribution is -2.45. The zero-order chi connectivity index (χ0) is 9.90. The van der Waals surface area contributed by atoms with E-state index in [0.717, 1.165) is 25.7 Å². The molecule has 2 heteroatoms. The lowest BCUT2D eigenvalue weighted by molar-refractivity contribution is -0.149. The molecule has 76 valence electrons. The Bertz CT molecular complexity index is 170. The Morgan fingerprint density at radius 3 is 2.15 bits per heavy atom. The summed E-state index contributed by atoms with van der Waals surface area (Å²) in [5.74, 6) is 0.631. The molecule has 1 fully saturated rings. The third-order valence-corrected chi connectivity index (χ3v) is 3.46. The Kier molecular flexibility index (Phi) is 3.48. The fourth-order valence-corrected chi connectivity index (χ4v) is 2.03. The maximum absolute atomic E-state index is 12.0. The van der Waals surface area contributed by atoms with Crippen LogP contribution in [0.1, 0.15) is 46.0 Å². The molecule has 0 saturated heterocycles. The van der Waals surface area contributed by atoms with Crippen LogP contribution in [-0.2, 0) is 9.53 Å². The van der Waals surface area contributed by atoms with Crippen LogP contribution in [0.25, 0.3) is 0 Å². The number of hydrogen-bond donors (Lipinski definition) is 0. The van der Waals surface area contributed by atoms with Crippen LogP contribution in [0.2, 0.25) is 0 Å². The van der Waals surface area contributed by atoms with Crippen molar-refractivity contribution >= 4 is 5.78 Å². The molecule has 1 saturated carbocycles. The number of carbonyl (C=O) groups excluding carboxylic acids is 1. The summed E-state index contributed by atoms with van der Waals surface area (Å²) >= 11 is 0. The summed E-state index contributed by atoms with van der Waals surface area (Å²) in [4.78, 5) is 12.0. The van der Waals surface area contributed by atoms with Crippen molar-refractivity contribution in [2.45, 2.75) is 51.6 Å². The van der Waals surface area contributed by atoms with Gasteiger partial charge in [0.05, 0.1) is 0 Å². The number of rotatable bonds is 5. The molecule has 0 N–H and O–H groups in total. The van der Waals surface area contributed by atoms with Gasteiger partial charge >= 0.3 is 0 Å². The van der Waals surface area contributed by atoms with E-state index in [-0.39, 0.29) is 0 Å². The number of ketones is 1. The first-order valence-corrected chi connectivity index (χ1v) is 5.29. The summed E-state index contributed by atoms with van der Waals surface area (Å²) in [6.07, 6.45) is 4.96. The molecule has 0 aromatic carbocycles. The summed E-state index contributed by atoms with van der Waals surface area (Å²) in [6, 6.07) is 0. The highest BCUT2D eigenvalue weighted by Gasteiger charge is 2.41. The van der Waals surface area contributed by atoms with Gasteiger partial charge in [0, 0.05) is 13.0 Å². The zero-order valence-corrected chi connectivity index (χ0v) is 8.93. The number of methoxy groups -OCH3 is 1. The van der Waals surface area contributed by atoms with Gasteiger partial charge in [0.1, 0.15) is 5.60 Å². The average Bonchev–Trinajstić information content (AvgIpc) is 2.05. The van der Waals surface area contributed by atoms with Gasteiger partial charge in [-0.1, -0.05) is 20.3 Å². The molecular weight excluding hydrogens is 164 g/mol. The normalized spacial score (nSPS) is 18.4. The average molecular weight is 184 g/mol. The van der Waals surface area contributed by atoms with Crippen molar-refractivity contribution in [1.29, 1.82) is 0 Å². The Morgan fingerprint density at radius 1 is 1.38 bits per heavy atom. The highest BCUT2D eigenvalue weighted by atomic mass is 16.5. The molecule has 0 aromatic heterocycles. The molecule has 13 heavy (non-hydrogen) atoms. The van der Waals surface area contributed by atoms with Crippen molar-refractivity contribution in [2.75, 3.05) is 7.11 Å². The molecule has 0 heterocycles. The van der Waals surface area contributed by atoms with Crippen molar-refractivity contribution < 1.29 is 9.53 Å². The maximum atomic E-state index is 12.0. The van der Waals surface area contributed by atoms with Crippen LogP contribution in [0.15, 0.2) is 0 Å². The maximum Gasteiger partial charge on any atom is 0.167 e. The smallest absolute Gasteiger partial charge is 0.167 e. The molecular formula is C11H20O2. The van der Waals surface area contributed by atoms with Crippen molar-refractivity contribution in [3.8, 4) is 0 Å². The van der Waals surface area contributed by atoms with Crippen LogP contribution in [0, 0.1) is 5.92 Å². The predicted molar refractivity (Wildman–Crippen MR) is 52.7 cm³/mol. The van der Waals surface area contributed by atoms with Crippen LogP contribution in [0.3, 0.4) is 0 Å². The minimum Gasteiger partial charge on any atom is -0.370 e. The Morgan fingerprint density at radius 2 is 1.92 bits per heavy atom. The highest BCUT2D eigenvalue weighted by Crippen LogP contribution is 2.34. The van der Waals surface area contributed by atoms with Gasteiger partial charge in [0.25, 0.3) is 0 Å². The summed E-state index contributed by atoms with van der Waals surface area (Å²) < 4.78 is 5.41. The van der Waals surface area contributed by atoms with E-state index in [1.165, 1.54) is 6.42 Å². The standard InChI is InChI=1S/C11H20O2/c1-4-11(5-2,13-3)10(12)9-7-6-8-9/h9H,4-8H2,1-3H3. The van der Waals surface area contributed by atoms with Crippen molar-refractivity contribution in [1.82, 2.24) is 0 Å². The molecule has 0 unspecified atom stereocenters. The monoisotopic (exact) mass is 184 g/mol. The minimum atomic E-state index is -0.481. The zero-order valence-electron chi connectivity index (χ0n) is 8.93. The van der Waals surface area contributed by atoms with E-state index < -0.39 is 5.60 Å². The van der Waals surface area contributed by atoms with Gasteiger partial charge in [0.2, 0.25) is 0 Å². The van der Waals surface area contributed by atoms with Crippen LogP contribution in [0.4, 0.5) is 0 Å². The first kappa shape index (κ1) is 10.7. The molecule has 1 rings (SSSR count). The van der Waals surface area contributed by atoms with Crippen molar-refractivity contribution in [3.63, 3.8) is 0 Å². The van der Waals surface area contributed by atoms with E-state index in [0.29, 0.717) is 11.7 Å². The summed E-state index contributed by atoms with van der Waals surface area (Å²) in [5, 5.41) is 0. The SMILES string of the molecule is CCC(CC)(OC)C(=O)C1CCC1. The molecule has 0 aliphatic heterocycles. The minimum absolute atomic E-state index is 0.292. The number of carbonyl (C=O) groups is 1. The lowest BCUT2D eigenvalue weighted by Gasteiger charge is -2.35. The number of Topliss-reactive ketones (excluding diaryl/α,β-unsaturated/α-hetero) is 1. The van der Waals surface area contributed by atoms with Crippen LogP contribution < -0.4 is 0 Å². The summed E-state index contributed by atoms with van der Waals surface area (Å²) in [7, 11) is 1.66. The van der Waals surface area contributed by atoms with Gasteiger partial charge in [-0.3, -0.25) is 4.79 Å². The molecule has 0 spiro atoms.